The van der Waals surface area contributed by atoms with Gasteiger partial charge in [0.1, 0.15) is 0 Å². The number of hydrogen-bond donors (Lipinski definition) is 1. The molecule has 0 bridgehead atoms. The number of amides is 1. The minimum atomic E-state index is 0.256. The fourth-order valence-corrected chi connectivity index (χ4v) is 3.70. The van der Waals surface area contributed by atoms with Gasteiger partial charge in [0.05, 0.1) is 4.88 Å². The number of carbonyl (C=O) groups excluding carboxylic acids is 1. The Bertz CT molecular complexity index is 439. The van der Waals surface area contributed by atoms with Crippen LogP contribution < -0.4 is 5.32 Å². The van der Waals surface area contributed by atoms with Crippen LogP contribution in [0.2, 0.25) is 0 Å². The van der Waals surface area contributed by atoms with Gasteiger partial charge in [-0.1, -0.05) is 0 Å². The van der Waals surface area contributed by atoms with E-state index in [9.17, 15) is 4.79 Å². The van der Waals surface area contributed by atoms with Crippen molar-refractivity contribution in [3.05, 3.63) is 21.9 Å². The summed E-state index contributed by atoms with van der Waals surface area (Å²) in [6.45, 7) is 1.77. The number of likely N-dealkylation sites (tertiary alicyclic amines) is 1. The first-order chi connectivity index (χ1) is 8.79. The number of piperidine rings is 1. The van der Waals surface area contributed by atoms with Gasteiger partial charge in [0.25, 0.3) is 5.91 Å². The topological polar surface area (TPSA) is 32.3 Å². The summed E-state index contributed by atoms with van der Waals surface area (Å²) in [5.74, 6) is 0.923. The molecule has 2 aliphatic rings. The van der Waals surface area contributed by atoms with Crippen molar-refractivity contribution in [2.45, 2.75) is 37.6 Å². The largest absolute Gasteiger partial charge is 0.336 e. The number of rotatable bonds is 3. The van der Waals surface area contributed by atoms with E-state index in [4.69, 9.17) is 0 Å². The molecular weight excluding hydrogens is 244 g/mol. The summed E-state index contributed by atoms with van der Waals surface area (Å²) in [6.07, 6.45) is 4.81. The molecule has 1 aliphatic carbocycles. The van der Waals surface area contributed by atoms with E-state index >= 15 is 0 Å². The summed E-state index contributed by atoms with van der Waals surface area (Å²) in [6, 6.07) is 2.61. The zero-order valence-corrected chi connectivity index (χ0v) is 11.6. The second-order valence-corrected chi connectivity index (χ2v) is 6.27. The van der Waals surface area contributed by atoms with Gasteiger partial charge >= 0.3 is 0 Å². The lowest BCUT2D eigenvalue weighted by molar-refractivity contribution is 0.0702. The van der Waals surface area contributed by atoms with Crippen molar-refractivity contribution in [1.82, 2.24) is 10.2 Å². The standard InChI is InChI=1S/C14H20N2OS/c1-15-11-3-2-7-16(9-11)14(17)13-12(6-8-18-13)10-4-5-10/h6,8,10-11,15H,2-5,7,9H2,1H3. The molecule has 0 spiro atoms. The van der Waals surface area contributed by atoms with Crippen molar-refractivity contribution in [3.8, 4) is 0 Å². The molecule has 1 atom stereocenters. The van der Waals surface area contributed by atoms with E-state index in [0.29, 0.717) is 12.0 Å². The van der Waals surface area contributed by atoms with Gasteiger partial charge in [0.15, 0.2) is 0 Å². The zero-order chi connectivity index (χ0) is 12.5. The average molecular weight is 264 g/mol. The van der Waals surface area contributed by atoms with Crippen LogP contribution in [-0.4, -0.2) is 37.0 Å². The van der Waals surface area contributed by atoms with Gasteiger partial charge in [-0.05, 0) is 55.7 Å². The third-order valence-corrected chi connectivity index (χ3v) is 4.94. The minimum Gasteiger partial charge on any atom is -0.336 e. The van der Waals surface area contributed by atoms with Crippen LogP contribution in [-0.2, 0) is 0 Å². The first kappa shape index (κ1) is 12.2. The fraction of sp³-hybridized carbons (Fsp3) is 0.643. The maximum absolute atomic E-state index is 12.6. The Kier molecular flexibility index (Phi) is 3.39. The predicted molar refractivity (Wildman–Crippen MR) is 74.3 cm³/mol. The Morgan fingerprint density at radius 3 is 3.00 bits per heavy atom. The highest BCUT2D eigenvalue weighted by molar-refractivity contribution is 7.12. The van der Waals surface area contributed by atoms with Gasteiger partial charge in [-0.2, -0.15) is 0 Å². The van der Waals surface area contributed by atoms with Gasteiger partial charge in [-0.15, -0.1) is 11.3 Å². The van der Waals surface area contributed by atoms with Crippen LogP contribution in [0.25, 0.3) is 0 Å². The smallest absolute Gasteiger partial charge is 0.264 e. The molecule has 1 saturated heterocycles. The summed E-state index contributed by atoms with van der Waals surface area (Å²) in [7, 11) is 1.99. The molecule has 1 saturated carbocycles. The van der Waals surface area contributed by atoms with E-state index < -0.39 is 0 Å². The molecular formula is C14H20N2OS. The summed E-state index contributed by atoms with van der Waals surface area (Å²) in [5.41, 5.74) is 1.30. The van der Waals surface area contributed by atoms with Crippen molar-refractivity contribution in [3.63, 3.8) is 0 Å². The lowest BCUT2D eigenvalue weighted by Gasteiger charge is -2.32. The summed E-state index contributed by atoms with van der Waals surface area (Å²) in [5, 5.41) is 5.36. The van der Waals surface area contributed by atoms with Crippen LogP contribution in [0.5, 0.6) is 0 Å². The van der Waals surface area contributed by atoms with Crippen LogP contribution in [0.1, 0.15) is 46.8 Å². The molecule has 3 rings (SSSR count). The van der Waals surface area contributed by atoms with E-state index in [2.05, 4.69) is 16.8 Å². The molecule has 0 radical (unpaired) electrons. The van der Waals surface area contributed by atoms with Gasteiger partial charge in [-0.25, -0.2) is 0 Å². The fourth-order valence-electron chi connectivity index (χ4n) is 2.75. The van der Waals surface area contributed by atoms with E-state index in [1.807, 2.05) is 11.9 Å². The van der Waals surface area contributed by atoms with Crippen molar-refractivity contribution in [2.75, 3.05) is 20.1 Å². The molecule has 18 heavy (non-hydrogen) atoms. The number of likely N-dealkylation sites (N-methyl/N-ethyl adjacent to an activating group) is 1. The highest BCUT2D eigenvalue weighted by Gasteiger charge is 2.31. The molecule has 1 aliphatic heterocycles. The van der Waals surface area contributed by atoms with Crippen LogP contribution in [0, 0.1) is 0 Å². The monoisotopic (exact) mass is 264 g/mol. The van der Waals surface area contributed by atoms with Gasteiger partial charge in [-0.3, -0.25) is 4.79 Å². The number of hydrogen-bond acceptors (Lipinski definition) is 3. The minimum absolute atomic E-state index is 0.256. The molecule has 98 valence electrons. The summed E-state index contributed by atoms with van der Waals surface area (Å²) >= 11 is 1.62. The Morgan fingerprint density at radius 1 is 1.44 bits per heavy atom. The molecule has 1 amide bonds. The maximum atomic E-state index is 12.6. The van der Waals surface area contributed by atoms with Crippen molar-refractivity contribution >= 4 is 17.2 Å². The van der Waals surface area contributed by atoms with Crippen LogP contribution in [0.15, 0.2) is 11.4 Å². The van der Waals surface area contributed by atoms with Gasteiger partial charge in [0, 0.05) is 19.1 Å². The van der Waals surface area contributed by atoms with E-state index in [1.54, 1.807) is 11.3 Å². The summed E-state index contributed by atoms with van der Waals surface area (Å²) in [4.78, 5) is 15.6. The molecule has 2 fully saturated rings. The second-order valence-electron chi connectivity index (χ2n) is 5.36. The van der Waals surface area contributed by atoms with Crippen molar-refractivity contribution in [1.29, 1.82) is 0 Å². The zero-order valence-electron chi connectivity index (χ0n) is 10.8. The van der Waals surface area contributed by atoms with E-state index in [1.165, 1.54) is 24.8 Å². The van der Waals surface area contributed by atoms with Crippen molar-refractivity contribution in [2.24, 2.45) is 0 Å². The first-order valence-electron chi connectivity index (χ1n) is 6.83. The third kappa shape index (κ3) is 2.31. The van der Waals surface area contributed by atoms with Crippen LogP contribution in [0.4, 0.5) is 0 Å². The second kappa shape index (κ2) is 5.02. The number of nitrogens with zero attached hydrogens (tertiary/aromatic N) is 1. The Balaban J connectivity index is 1.74. The normalized spacial score (nSPS) is 24.3. The Labute approximate surface area is 112 Å². The molecule has 3 nitrogen and oxygen atoms in total. The van der Waals surface area contributed by atoms with E-state index in [0.717, 1.165) is 24.4 Å². The van der Waals surface area contributed by atoms with Crippen molar-refractivity contribution < 1.29 is 4.79 Å². The van der Waals surface area contributed by atoms with Crippen LogP contribution >= 0.6 is 11.3 Å². The van der Waals surface area contributed by atoms with E-state index in [-0.39, 0.29) is 5.91 Å². The predicted octanol–water partition coefficient (Wildman–Crippen LogP) is 2.45. The molecule has 0 aromatic carbocycles. The lowest BCUT2D eigenvalue weighted by Crippen LogP contribution is -2.46. The lowest BCUT2D eigenvalue weighted by atomic mass is 10.0. The molecule has 1 aromatic rings. The number of carbonyl (C=O) groups is 1. The van der Waals surface area contributed by atoms with Crippen LogP contribution in [0.3, 0.4) is 0 Å². The Hall–Kier alpha value is -0.870. The highest BCUT2D eigenvalue weighted by Crippen LogP contribution is 2.43. The van der Waals surface area contributed by atoms with Gasteiger partial charge < -0.3 is 10.2 Å². The highest BCUT2D eigenvalue weighted by atomic mass is 32.1. The number of nitrogens with one attached hydrogen (secondary N) is 1. The molecule has 2 heterocycles. The molecule has 1 aromatic heterocycles. The molecule has 4 heteroatoms. The van der Waals surface area contributed by atoms with Gasteiger partial charge in [0.2, 0.25) is 0 Å². The third-order valence-electron chi connectivity index (χ3n) is 4.02. The SMILES string of the molecule is CNC1CCCN(C(=O)c2sccc2C2CC2)C1. The molecule has 1 unspecified atom stereocenters. The first-order valence-corrected chi connectivity index (χ1v) is 7.71. The molecule has 1 N–H and O–H groups in total. The average Bonchev–Trinajstić information content (AvgIpc) is 3.15. The maximum Gasteiger partial charge on any atom is 0.264 e. The Morgan fingerprint density at radius 2 is 2.28 bits per heavy atom. The quantitative estimate of drug-likeness (QED) is 0.909. The number of thiophene rings is 1. The summed E-state index contributed by atoms with van der Waals surface area (Å²) < 4.78 is 0.